The van der Waals surface area contributed by atoms with Crippen molar-refractivity contribution in [2.24, 2.45) is 16.7 Å². The number of rotatable bonds is 3. The highest BCUT2D eigenvalue weighted by Gasteiger charge is 2.42. The fraction of sp³-hybridized carbons (Fsp3) is 0.459. The Labute approximate surface area is 243 Å². The number of hydrogen-bond acceptors (Lipinski definition) is 1. The molecule has 5 rings (SSSR count). The van der Waals surface area contributed by atoms with Gasteiger partial charge in [0.25, 0.3) is 0 Å². The van der Waals surface area contributed by atoms with Crippen molar-refractivity contribution in [2.75, 3.05) is 6.54 Å². The van der Waals surface area contributed by atoms with Crippen molar-refractivity contribution >= 4 is 0 Å². The summed E-state index contributed by atoms with van der Waals surface area (Å²) in [6, 6.07) is 11.6. The predicted octanol–water partition coefficient (Wildman–Crippen LogP) is 10.6. The molecule has 1 N–H and O–H groups in total. The van der Waals surface area contributed by atoms with Crippen LogP contribution in [0.5, 0.6) is 0 Å². The second-order valence-electron chi connectivity index (χ2n) is 12.7. The van der Waals surface area contributed by atoms with E-state index < -0.39 is 0 Å². The van der Waals surface area contributed by atoms with E-state index in [0.717, 1.165) is 35.6 Å². The predicted molar refractivity (Wildman–Crippen MR) is 169 cm³/mol. The Bertz CT molecular complexity index is 1170. The minimum atomic E-state index is -0.171. The Balaban J connectivity index is 0.000000194. The zero-order valence-corrected chi connectivity index (χ0v) is 26.1. The van der Waals surface area contributed by atoms with E-state index in [1.54, 1.807) is 41.1 Å². The monoisotopic (exact) mass is 547 g/mol. The normalized spacial score (nSPS) is 20.4. The SMILES string of the molecule is C=CNCC(C)(C)C.CC1CCC2=CC3=C(C=CC3)CC21C.CCc1cccc(F)c1C.Cc1ccc(F)cc1. The largest absolute Gasteiger partial charge is 0.391 e. The molecular weight excluding hydrogens is 496 g/mol. The number of halogens is 2. The fourth-order valence-electron chi connectivity index (χ4n) is 5.26. The molecule has 0 aromatic heterocycles. The van der Waals surface area contributed by atoms with Crippen LogP contribution in [0.2, 0.25) is 0 Å². The summed E-state index contributed by atoms with van der Waals surface area (Å²) in [5, 5.41) is 3.05. The van der Waals surface area contributed by atoms with Gasteiger partial charge in [-0.05, 0) is 109 Å². The molecule has 2 aromatic carbocycles. The third kappa shape index (κ3) is 9.91. The van der Waals surface area contributed by atoms with Gasteiger partial charge in [0.15, 0.2) is 0 Å². The summed E-state index contributed by atoms with van der Waals surface area (Å²) in [6.07, 6.45) is 15.0. The van der Waals surface area contributed by atoms with Gasteiger partial charge >= 0.3 is 0 Å². The van der Waals surface area contributed by atoms with Crippen LogP contribution >= 0.6 is 0 Å². The Morgan fingerprint density at radius 3 is 2.25 bits per heavy atom. The molecule has 0 radical (unpaired) electrons. The van der Waals surface area contributed by atoms with Gasteiger partial charge in [0.2, 0.25) is 0 Å². The first-order valence-corrected chi connectivity index (χ1v) is 14.7. The van der Waals surface area contributed by atoms with E-state index in [1.165, 1.54) is 43.9 Å². The summed E-state index contributed by atoms with van der Waals surface area (Å²) in [5.41, 5.74) is 8.78. The van der Waals surface area contributed by atoms with Crippen molar-refractivity contribution < 1.29 is 8.78 Å². The Morgan fingerprint density at radius 2 is 1.73 bits per heavy atom. The highest BCUT2D eigenvalue weighted by atomic mass is 19.1. The lowest BCUT2D eigenvalue weighted by atomic mass is 9.70. The van der Waals surface area contributed by atoms with Crippen LogP contribution in [-0.4, -0.2) is 6.54 Å². The third-order valence-electron chi connectivity index (χ3n) is 8.19. The molecule has 2 atom stereocenters. The van der Waals surface area contributed by atoms with Crippen LogP contribution in [0, 0.1) is 42.2 Å². The first-order chi connectivity index (χ1) is 18.8. The standard InChI is InChI=1S/C14H18.C9H11F.C7H7F.C7H15N/c1-10-6-7-13-8-11-4-3-5-12(11)9-14(10,13)2;1-3-8-5-4-6-9(10)7(8)2;1-6-2-4-7(8)5-3-6;1-5-8-6-7(2,3)4/h3,5,8,10H,4,6-7,9H2,1-2H3;4-6H,3H2,1-2H3;2-5H,1H3;5,8H,1,6H2,2-4H3. The van der Waals surface area contributed by atoms with Gasteiger partial charge in [0.1, 0.15) is 11.6 Å². The topological polar surface area (TPSA) is 12.0 Å². The molecule has 3 aliphatic carbocycles. The molecule has 218 valence electrons. The molecule has 3 heteroatoms. The van der Waals surface area contributed by atoms with Gasteiger partial charge in [-0.15, -0.1) is 0 Å². The molecule has 2 unspecified atom stereocenters. The molecule has 0 heterocycles. The average Bonchev–Trinajstić information content (AvgIpc) is 3.48. The van der Waals surface area contributed by atoms with Crippen LogP contribution in [0.1, 0.15) is 83.9 Å². The van der Waals surface area contributed by atoms with E-state index in [4.69, 9.17) is 0 Å². The maximum Gasteiger partial charge on any atom is 0.126 e. The second kappa shape index (κ2) is 15.2. The number of aryl methyl sites for hydroxylation is 2. The lowest BCUT2D eigenvalue weighted by molar-refractivity contribution is 0.293. The van der Waals surface area contributed by atoms with Crippen LogP contribution in [-0.2, 0) is 6.42 Å². The highest BCUT2D eigenvalue weighted by molar-refractivity contribution is 5.48. The molecule has 0 amide bonds. The summed E-state index contributed by atoms with van der Waals surface area (Å²) >= 11 is 0. The van der Waals surface area contributed by atoms with Crippen LogP contribution in [0.4, 0.5) is 8.78 Å². The molecule has 0 bridgehead atoms. The second-order valence-corrected chi connectivity index (χ2v) is 12.7. The minimum Gasteiger partial charge on any atom is -0.391 e. The van der Waals surface area contributed by atoms with E-state index in [9.17, 15) is 8.78 Å². The zero-order valence-electron chi connectivity index (χ0n) is 26.1. The van der Waals surface area contributed by atoms with Crippen molar-refractivity contribution in [3.05, 3.63) is 119 Å². The smallest absolute Gasteiger partial charge is 0.126 e. The number of fused-ring (bicyclic) bond motifs is 1. The summed E-state index contributed by atoms with van der Waals surface area (Å²) < 4.78 is 24.9. The van der Waals surface area contributed by atoms with Gasteiger partial charge in [-0.25, -0.2) is 8.78 Å². The molecule has 2 aromatic rings. The van der Waals surface area contributed by atoms with Gasteiger partial charge in [-0.2, -0.15) is 0 Å². The van der Waals surface area contributed by atoms with E-state index in [0.29, 0.717) is 10.8 Å². The number of hydrogen-bond donors (Lipinski definition) is 1. The molecule has 0 aliphatic heterocycles. The first kappa shape index (κ1) is 33.3. The fourth-order valence-corrected chi connectivity index (χ4v) is 5.26. The van der Waals surface area contributed by atoms with Crippen molar-refractivity contribution in [1.29, 1.82) is 0 Å². The molecule has 3 aliphatic rings. The van der Waals surface area contributed by atoms with Crippen LogP contribution in [0.25, 0.3) is 0 Å². The molecule has 40 heavy (non-hydrogen) atoms. The molecule has 0 spiro atoms. The quantitative estimate of drug-likeness (QED) is 0.403. The van der Waals surface area contributed by atoms with Gasteiger partial charge in [-0.1, -0.05) is 102 Å². The van der Waals surface area contributed by atoms with E-state index >= 15 is 0 Å². The van der Waals surface area contributed by atoms with Gasteiger partial charge < -0.3 is 5.32 Å². The Morgan fingerprint density at radius 1 is 1.05 bits per heavy atom. The van der Waals surface area contributed by atoms with Gasteiger partial charge in [0, 0.05) is 6.54 Å². The van der Waals surface area contributed by atoms with Crippen LogP contribution in [0.3, 0.4) is 0 Å². The summed E-state index contributed by atoms with van der Waals surface area (Å²) in [7, 11) is 0. The first-order valence-electron chi connectivity index (χ1n) is 14.7. The van der Waals surface area contributed by atoms with Crippen LogP contribution < -0.4 is 5.32 Å². The molecule has 1 saturated carbocycles. The number of allylic oxidation sites excluding steroid dienone is 6. The van der Waals surface area contributed by atoms with Crippen molar-refractivity contribution in [1.82, 2.24) is 5.32 Å². The van der Waals surface area contributed by atoms with E-state index in [2.05, 4.69) is 64.7 Å². The van der Waals surface area contributed by atoms with Gasteiger partial charge in [-0.3, -0.25) is 0 Å². The lowest BCUT2D eigenvalue weighted by Crippen LogP contribution is -2.24. The minimum absolute atomic E-state index is 0.0978. The zero-order chi connectivity index (χ0) is 29.9. The molecule has 0 saturated heterocycles. The van der Waals surface area contributed by atoms with E-state index in [-0.39, 0.29) is 11.6 Å². The van der Waals surface area contributed by atoms with E-state index in [1.807, 2.05) is 26.8 Å². The van der Waals surface area contributed by atoms with Gasteiger partial charge in [0.05, 0.1) is 0 Å². The Hall–Kier alpha value is -2.94. The lowest BCUT2D eigenvalue weighted by Gasteiger charge is -2.35. The summed E-state index contributed by atoms with van der Waals surface area (Å²) in [5.74, 6) is 0.603. The molecular formula is C37H51F2N. The highest BCUT2D eigenvalue weighted by Crippen LogP contribution is 2.55. The maximum atomic E-state index is 12.8. The Kier molecular flexibility index (Phi) is 12.6. The molecule has 1 nitrogen and oxygen atoms in total. The maximum absolute atomic E-state index is 12.8. The summed E-state index contributed by atoms with van der Waals surface area (Å²) in [4.78, 5) is 0. The van der Waals surface area contributed by atoms with Crippen molar-refractivity contribution in [3.63, 3.8) is 0 Å². The number of benzene rings is 2. The number of nitrogens with one attached hydrogen (secondary N) is 1. The van der Waals surface area contributed by atoms with Crippen LogP contribution in [0.15, 0.2) is 90.2 Å². The summed E-state index contributed by atoms with van der Waals surface area (Å²) in [6.45, 7) is 21.8. The third-order valence-corrected chi connectivity index (χ3v) is 8.19. The average molecular weight is 548 g/mol. The molecule has 1 fully saturated rings. The van der Waals surface area contributed by atoms with Crippen molar-refractivity contribution in [2.45, 2.75) is 87.5 Å². The van der Waals surface area contributed by atoms with Crippen molar-refractivity contribution in [3.8, 4) is 0 Å².